The lowest BCUT2D eigenvalue weighted by molar-refractivity contribution is -0.147. The van der Waals surface area contributed by atoms with Gasteiger partial charge in [0.15, 0.2) is 0 Å². The Bertz CT molecular complexity index is 343. The van der Waals surface area contributed by atoms with Crippen molar-refractivity contribution in [2.45, 2.75) is 136 Å². The summed E-state index contributed by atoms with van der Waals surface area (Å²) in [6.07, 6.45) is 21.1. The van der Waals surface area contributed by atoms with Gasteiger partial charge in [-0.25, -0.2) is 0 Å². The summed E-state index contributed by atoms with van der Waals surface area (Å²) >= 11 is 0. The monoisotopic (exact) mass is 397 g/mol. The van der Waals surface area contributed by atoms with Crippen molar-refractivity contribution in [2.24, 2.45) is 17.6 Å². The van der Waals surface area contributed by atoms with Gasteiger partial charge < -0.3 is 10.5 Å². The van der Waals surface area contributed by atoms with Gasteiger partial charge in [0.1, 0.15) is 6.04 Å². The van der Waals surface area contributed by atoms with Crippen LogP contribution in [0.3, 0.4) is 0 Å². The molecule has 0 aliphatic rings. The van der Waals surface area contributed by atoms with E-state index >= 15 is 0 Å². The van der Waals surface area contributed by atoms with Crippen LogP contribution in [-0.2, 0) is 9.53 Å². The average Bonchev–Trinajstić information content (AvgIpc) is 2.68. The summed E-state index contributed by atoms with van der Waals surface area (Å²) < 4.78 is 5.58. The summed E-state index contributed by atoms with van der Waals surface area (Å²) in [5.74, 6) is 0.422. The largest absolute Gasteiger partial charge is 0.464 e. The highest BCUT2D eigenvalue weighted by atomic mass is 16.5. The number of esters is 1. The van der Waals surface area contributed by atoms with Crippen molar-refractivity contribution < 1.29 is 9.53 Å². The Kier molecular flexibility index (Phi) is 19.3. The molecule has 0 bridgehead atoms. The summed E-state index contributed by atoms with van der Waals surface area (Å²) in [6.45, 7) is 9.03. The minimum atomic E-state index is -0.488. The molecule has 0 aromatic carbocycles. The lowest BCUT2D eigenvalue weighted by atomic mass is 9.94. The van der Waals surface area contributed by atoms with E-state index in [0.717, 1.165) is 0 Å². The summed E-state index contributed by atoms with van der Waals surface area (Å²) in [5.41, 5.74) is 5.93. The summed E-state index contributed by atoms with van der Waals surface area (Å²) in [6, 6.07) is -0.488. The van der Waals surface area contributed by atoms with Gasteiger partial charge in [0, 0.05) is 0 Å². The van der Waals surface area contributed by atoms with Gasteiger partial charge in [-0.15, -0.1) is 0 Å². The van der Waals surface area contributed by atoms with Crippen LogP contribution < -0.4 is 5.73 Å². The van der Waals surface area contributed by atoms with Gasteiger partial charge in [0.05, 0.1) is 6.61 Å². The lowest BCUT2D eigenvalue weighted by Crippen LogP contribution is -2.37. The second kappa shape index (κ2) is 19.7. The predicted octanol–water partition coefficient (Wildman–Crippen LogP) is 7.41. The fraction of sp³-hybridized carbons (Fsp3) is 0.960. The molecule has 3 heteroatoms. The number of hydrogen-bond acceptors (Lipinski definition) is 3. The molecule has 2 N–H and O–H groups in total. The molecule has 168 valence electrons. The number of ether oxygens (including phenoxy) is 1. The molecule has 0 aromatic heterocycles. The first-order valence-electron chi connectivity index (χ1n) is 12.4. The standard InChI is InChI=1S/C25H51NO2/c1-5-7-9-11-13-14-16-18-20-23(19-17-15-12-10-8-6-2)21-28-25(27)24(26)22(3)4/h22-24H,5-21,26H2,1-4H3/t23?,24-/m0/s1. The molecule has 3 nitrogen and oxygen atoms in total. The van der Waals surface area contributed by atoms with E-state index < -0.39 is 6.04 Å². The van der Waals surface area contributed by atoms with Crippen LogP contribution in [-0.4, -0.2) is 18.6 Å². The summed E-state index contributed by atoms with van der Waals surface area (Å²) in [7, 11) is 0. The lowest BCUT2D eigenvalue weighted by Gasteiger charge is -2.20. The molecule has 0 spiro atoms. The number of hydrogen-bond donors (Lipinski definition) is 1. The minimum absolute atomic E-state index is 0.136. The fourth-order valence-corrected chi connectivity index (χ4v) is 3.66. The Hall–Kier alpha value is -0.570. The Morgan fingerprint density at radius 2 is 1.11 bits per heavy atom. The molecule has 0 saturated carbocycles. The van der Waals surface area contributed by atoms with Crippen molar-refractivity contribution in [3.63, 3.8) is 0 Å². The van der Waals surface area contributed by atoms with E-state index in [2.05, 4.69) is 13.8 Å². The van der Waals surface area contributed by atoms with E-state index in [-0.39, 0.29) is 11.9 Å². The Morgan fingerprint density at radius 3 is 1.50 bits per heavy atom. The van der Waals surface area contributed by atoms with Crippen LogP contribution >= 0.6 is 0 Å². The van der Waals surface area contributed by atoms with Crippen LogP contribution in [0.4, 0.5) is 0 Å². The van der Waals surface area contributed by atoms with E-state index in [9.17, 15) is 4.79 Å². The highest BCUT2D eigenvalue weighted by Gasteiger charge is 2.20. The third kappa shape index (κ3) is 16.4. The quantitative estimate of drug-likeness (QED) is 0.172. The topological polar surface area (TPSA) is 52.3 Å². The molecule has 28 heavy (non-hydrogen) atoms. The van der Waals surface area contributed by atoms with Gasteiger partial charge in [-0.2, -0.15) is 0 Å². The van der Waals surface area contributed by atoms with Gasteiger partial charge in [-0.1, -0.05) is 118 Å². The van der Waals surface area contributed by atoms with Crippen LogP contribution in [0.5, 0.6) is 0 Å². The van der Waals surface area contributed by atoms with Gasteiger partial charge >= 0.3 is 5.97 Å². The zero-order chi connectivity index (χ0) is 21.0. The summed E-state index contributed by atoms with van der Waals surface area (Å²) in [5, 5.41) is 0. The predicted molar refractivity (Wildman–Crippen MR) is 122 cm³/mol. The van der Waals surface area contributed by atoms with Crippen molar-refractivity contribution in [1.82, 2.24) is 0 Å². The number of carbonyl (C=O) groups is 1. The molecule has 0 aromatic rings. The Morgan fingerprint density at radius 1 is 0.714 bits per heavy atom. The van der Waals surface area contributed by atoms with Crippen molar-refractivity contribution >= 4 is 5.97 Å². The number of nitrogens with two attached hydrogens (primary N) is 1. The molecule has 0 radical (unpaired) electrons. The smallest absolute Gasteiger partial charge is 0.323 e. The van der Waals surface area contributed by atoms with Crippen molar-refractivity contribution in [3.8, 4) is 0 Å². The van der Waals surface area contributed by atoms with Crippen LogP contribution in [0.2, 0.25) is 0 Å². The molecule has 0 heterocycles. The Balaban J connectivity index is 4.08. The highest BCUT2D eigenvalue weighted by Crippen LogP contribution is 2.20. The highest BCUT2D eigenvalue weighted by molar-refractivity contribution is 5.75. The zero-order valence-electron chi connectivity index (χ0n) is 19.6. The van der Waals surface area contributed by atoms with E-state index in [1.54, 1.807) is 0 Å². The van der Waals surface area contributed by atoms with E-state index in [4.69, 9.17) is 10.5 Å². The molecule has 2 atom stereocenters. The van der Waals surface area contributed by atoms with Crippen LogP contribution in [0.1, 0.15) is 130 Å². The number of rotatable bonds is 20. The molecule has 0 saturated heterocycles. The van der Waals surface area contributed by atoms with Gasteiger partial charge in [0.25, 0.3) is 0 Å². The maximum atomic E-state index is 12.1. The summed E-state index contributed by atoms with van der Waals surface area (Å²) in [4.78, 5) is 12.1. The molecule has 0 rings (SSSR count). The second-order valence-corrected chi connectivity index (χ2v) is 9.09. The third-order valence-electron chi connectivity index (χ3n) is 5.88. The average molecular weight is 398 g/mol. The van der Waals surface area contributed by atoms with Crippen molar-refractivity contribution in [1.29, 1.82) is 0 Å². The SMILES string of the molecule is CCCCCCCCCCC(CCCCCCCC)COC(=O)[C@@H](N)C(C)C. The van der Waals surface area contributed by atoms with Gasteiger partial charge in [0.2, 0.25) is 0 Å². The van der Waals surface area contributed by atoms with Gasteiger partial charge in [-0.3, -0.25) is 4.79 Å². The first-order valence-corrected chi connectivity index (χ1v) is 12.4. The molecular formula is C25H51NO2. The fourth-order valence-electron chi connectivity index (χ4n) is 3.66. The first-order chi connectivity index (χ1) is 13.5. The molecular weight excluding hydrogens is 346 g/mol. The maximum Gasteiger partial charge on any atom is 0.323 e. The molecule has 0 fully saturated rings. The van der Waals surface area contributed by atoms with Crippen LogP contribution in [0.15, 0.2) is 0 Å². The Labute approximate surface area is 176 Å². The first kappa shape index (κ1) is 27.4. The molecule has 0 amide bonds. The number of unbranched alkanes of at least 4 members (excludes halogenated alkanes) is 12. The number of carbonyl (C=O) groups excluding carboxylic acids is 1. The van der Waals surface area contributed by atoms with Gasteiger partial charge in [-0.05, 0) is 24.7 Å². The molecule has 0 aliphatic heterocycles. The van der Waals surface area contributed by atoms with Crippen LogP contribution in [0, 0.1) is 11.8 Å². The van der Waals surface area contributed by atoms with Crippen LogP contribution in [0.25, 0.3) is 0 Å². The third-order valence-corrected chi connectivity index (χ3v) is 5.88. The normalized spacial score (nSPS) is 13.6. The second-order valence-electron chi connectivity index (χ2n) is 9.09. The molecule has 1 unspecified atom stereocenters. The maximum absolute atomic E-state index is 12.1. The molecule has 0 aliphatic carbocycles. The van der Waals surface area contributed by atoms with E-state index in [1.807, 2.05) is 13.8 Å². The van der Waals surface area contributed by atoms with Crippen molar-refractivity contribution in [3.05, 3.63) is 0 Å². The van der Waals surface area contributed by atoms with E-state index in [0.29, 0.717) is 12.5 Å². The van der Waals surface area contributed by atoms with Crippen molar-refractivity contribution in [2.75, 3.05) is 6.61 Å². The zero-order valence-corrected chi connectivity index (χ0v) is 19.6. The minimum Gasteiger partial charge on any atom is -0.464 e. The van der Waals surface area contributed by atoms with E-state index in [1.165, 1.54) is 103 Å².